The molecule has 0 amide bonds. The van der Waals surface area contributed by atoms with Gasteiger partial charge in [-0.2, -0.15) is 0 Å². The standard InChI is InChI=1S/C17H29NO2.ClH/c1-3-20-16(19)5-4-6-18(2)17-10-13-7-14(11-17)9-15(8-13)12-17;/h13-15H,3-12H2,1-2H3;1H. The molecule has 0 heterocycles. The van der Waals surface area contributed by atoms with E-state index in [1.165, 1.54) is 38.5 Å². The average Bonchev–Trinajstić information content (AvgIpc) is 2.37. The van der Waals surface area contributed by atoms with Crippen LogP contribution in [0, 0.1) is 17.8 Å². The van der Waals surface area contributed by atoms with Crippen molar-refractivity contribution in [2.45, 2.75) is 63.8 Å². The lowest BCUT2D eigenvalue weighted by atomic mass is 9.52. The van der Waals surface area contributed by atoms with Crippen molar-refractivity contribution in [1.29, 1.82) is 0 Å². The molecule has 4 fully saturated rings. The lowest BCUT2D eigenvalue weighted by Crippen LogP contribution is -2.59. The first kappa shape index (κ1) is 17.1. The van der Waals surface area contributed by atoms with Gasteiger partial charge in [0.2, 0.25) is 0 Å². The Balaban J connectivity index is 0.00000161. The summed E-state index contributed by atoms with van der Waals surface area (Å²) in [6.45, 7) is 3.42. The first-order valence-corrected chi connectivity index (χ1v) is 8.48. The second-order valence-corrected chi connectivity index (χ2v) is 7.47. The van der Waals surface area contributed by atoms with Gasteiger partial charge in [0.05, 0.1) is 6.61 Å². The van der Waals surface area contributed by atoms with Crippen LogP contribution in [0.1, 0.15) is 58.3 Å². The fraction of sp³-hybridized carbons (Fsp3) is 0.941. The highest BCUT2D eigenvalue weighted by Crippen LogP contribution is 2.57. The maximum absolute atomic E-state index is 11.4. The summed E-state index contributed by atoms with van der Waals surface area (Å²) in [5, 5.41) is 0. The molecular formula is C17H30ClNO2. The van der Waals surface area contributed by atoms with Gasteiger partial charge >= 0.3 is 5.97 Å². The highest BCUT2D eigenvalue weighted by molar-refractivity contribution is 5.85. The first-order valence-electron chi connectivity index (χ1n) is 8.48. The van der Waals surface area contributed by atoms with Crippen molar-refractivity contribution < 1.29 is 9.53 Å². The van der Waals surface area contributed by atoms with Crippen LogP contribution in [-0.2, 0) is 9.53 Å². The highest BCUT2D eigenvalue weighted by Gasteiger charge is 2.52. The molecule has 0 radical (unpaired) electrons. The second-order valence-electron chi connectivity index (χ2n) is 7.47. The van der Waals surface area contributed by atoms with Gasteiger partial charge in [0.15, 0.2) is 0 Å². The van der Waals surface area contributed by atoms with Crippen LogP contribution < -0.4 is 0 Å². The number of halogens is 1. The molecule has 4 rings (SSSR count). The number of nitrogens with zero attached hydrogens (tertiary/aromatic N) is 1. The van der Waals surface area contributed by atoms with E-state index in [1.807, 2.05) is 6.92 Å². The zero-order valence-corrected chi connectivity index (χ0v) is 14.3. The molecule has 0 aliphatic heterocycles. The van der Waals surface area contributed by atoms with Gasteiger partial charge in [0.1, 0.15) is 0 Å². The van der Waals surface area contributed by atoms with Crippen molar-refractivity contribution in [1.82, 2.24) is 4.90 Å². The van der Waals surface area contributed by atoms with Gasteiger partial charge in [-0.05, 0) is 83.2 Å². The Labute approximate surface area is 135 Å². The van der Waals surface area contributed by atoms with E-state index in [0.717, 1.165) is 30.7 Å². The van der Waals surface area contributed by atoms with Crippen molar-refractivity contribution in [2.75, 3.05) is 20.2 Å². The summed E-state index contributed by atoms with van der Waals surface area (Å²) in [4.78, 5) is 14.0. The summed E-state index contributed by atoms with van der Waals surface area (Å²) in [5.41, 5.74) is 0.476. The Bertz CT molecular complexity index is 337. The quantitative estimate of drug-likeness (QED) is 0.701. The Kier molecular flexibility index (Phi) is 5.59. The van der Waals surface area contributed by atoms with Crippen molar-refractivity contribution in [3.63, 3.8) is 0 Å². The predicted molar refractivity (Wildman–Crippen MR) is 86.6 cm³/mol. The molecule has 0 spiro atoms. The molecule has 4 aliphatic carbocycles. The van der Waals surface area contributed by atoms with Gasteiger partial charge in [-0.1, -0.05) is 0 Å². The lowest BCUT2D eigenvalue weighted by Gasteiger charge is -2.60. The smallest absolute Gasteiger partial charge is 0.305 e. The topological polar surface area (TPSA) is 29.5 Å². The van der Waals surface area contributed by atoms with Crippen molar-refractivity contribution in [3.05, 3.63) is 0 Å². The summed E-state index contributed by atoms with van der Waals surface area (Å²) in [5.74, 6) is 2.95. The average molecular weight is 316 g/mol. The molecule has 0 unspecified atom stereocenters. The Morgan fingerprint density at radius 1 is 1.14 bits per heavy atom. The molecule has 4 bridgehead atoms. The fourth-order valence-electron chi connectivity index (χ4n) is 5.46. The van der Waals surface area contributed by atoms with E-state index in [2.05, 4.69) is 11.9 Å². The fourth-order valence-corrected chi connectivity index (χ4v) is 5.46. The molecule has 0 aromatic rings. The highest BCUT2D eigenvalue weighted by atomic mass is 35.5. The van der Waals surface area contributed by atoms with Crippen LogP contribution in [0.5, 0.6) is 0 Å². The third kappa shape index (κ3) is 3.56. The van der Waals surface area contributed by atoms with Crippen LogP contribution in [0.15, 0.2) is 0 Å². The molecule has 0 saturated heterocycles. The third-order valence-corrected chi connectivity index (χ3v) is 6.00. The van der Waals surface area contributed by atoms with E-state index in [-0.39, 0.29) is 18.4 Å². The van der Waals surface area contributed by atoms with Crippen LogP contribution in [0.25, 0.3) is 0 Å². The molecule has 122 valence electrons. The van der Waals surface area contributed by atoms with Gasteiger partial charge < -0.3 is 9.64 Å². The maximum atomic E-state index is 11.4. The molecule has 0 aromatic heterocycles. The Morgan fingerprint density at radius 2 is 1.67 bits per heavy atom. The molecule has 0 N–H and O–H groups in total. The van der Waals surface area contributed by atoms with Gasteiger partial charge in [-0.25, -0.2) is 0 Å². The monoisotopic (exact) mass is 315 g/mol. The van der Waals surface area contributed by atoms with Crippen LogP contribution in [0.2, 0.25) is 0 Å². The first-order chi connectivity index (χ1) is 9.61. The minimum atomic E-state index is -0.0357. The molecular weight excluding hydrogens is 286 g/mol. The molecule has 0 atom stereocenters. The number of esters is 1. The van der Waals surface area contributed by atoms with Gasteiger partial charge in [0.25, 0.3) is 0 Å². The Morgan fingerprint density at radius 3 is 2.14 bits per heavy atom. The largest absolute Gasteiger partial charge is 0.466 e. The summed E-state index contributed by atoms with van der Waals surface area (Å²) < 4.78 is 5.02. The van der Waals surface area contributed by atoms with E-state index < -0.39 is 0 Å². The van der Waals surface area contributed by atoms with Crippen LogP contribution in [-0.4, -0.2) is 36.6 Å². The summed E-state index contributed by atoms with van der Waals surface area (Å²) >= 11 is 0. The molecule has 4 saturated carbocycles. The van der Waals surface area contributed by atoms with Crippen LogP contribution >= 0.6 is 12.4 Å². The predicted octanol–water partition coefficient (Wildman–Crippen LogP) is 3.65. The normalized spacial score (nSPS) is 36.6. The summed E-state index contributed by atoms with van der Waals surface area (Å²) in [7, 11) is 2.29. The second kappa shape index (κ2) is 6.87. The minimum Gasteiger partial charge on any atom is -0.466 e. The molecule has 3 nitrogen and oxygen atoms in total. The third-order valence-electron chi connectivity index (χ3n) is 6.00. The zero-order chi connectivity index (χ0) is 14.2. The van der Waals surface area contributed by atoms with E-state index in [1.54, 1.807) is 0 Å². The zero-order valence-electron chi connectivity index (χ0n) is 13.5. The van der Waals surface area contributed by atoms with Gasteiger partial charge in [-0.15, -0.1) is 12.4 Å². The van der Waals surface area contributed by atoms with E-state index in [0.29, 0.717) is 18.6 Å². The molecule has 4 aliphatic rings. The van der Waals surface area contributed by atoms with Crippen molar-refractivity contribution >= 4 is 18.4 Å². The number of ether oxygens (including phenoxy) is 1. The summed E-state index contributed by atoms with van der Waals surface area (Å²) in [6, 6.07) is 0. The number of hydrogen-bond donors (Lipinski definition) is 0. The minimum absolute atomic E-state index is 0. The number of carbonyl (C=O) groups excluding carboxylic acids is 1. The van der Waals surface area contributed by atoms with E-state index in [4.69, 9.17) is 4.74 Å². The van der Waals surface area contributed by atoms with Crippen LogP contribution in [0.4, 0.5) is 0 Å². The lowest BCUT2D eigenvalue weighted by molar-refractivity contribution is -0.143. The maximum Gasteiger partial charge on any atom is 0.305 e. The van der Waals surface area contributed by atoms with Crippen molar-refractivity contribution in [2.24, 2.45) is 17.8 Å². The van der Waals surface area contributed by atoms with Gasteiger partial charge in [0, 0.05) is 12.0 Å². The van der Waals surface area contributed by atoms with Crippen LogP contribution in [0.3, 0.4) is 0 Å². The SMILES string of the molecule is CCOC(=O)CCCN(C)C12CC3CC(CC(C3)C1)C2.Cl. The number of carbonyl (C=O) groups is 1. The molecule has 21 heavy (non-hydrogen) atoms. The van der Waals surface area contributed by atoms with Gasteiger partial charge in [-0.3, -0.25) is 4.79 Å². The number of rotatable bonds is 6. The summed E-state index contributed by atoms with van der Waals surface area (Å²) in [6.07, 6.45) is 10.2. The van der Waals surface area contributed by atoms with Crippen molar-refractivity contribution in [3.8, 4) is 0 Å². The van der Waals surface area contributed by atoms with E-state index in [9.17, 15) is 4.79 Å². The molecule has 0 aromatic carbocycles. The number of hydrogen-bond acceptors (Lipinski definition) is 3. The van der Waals surface area contributed by atoms with E-state index >= 15 is 0 Å². The molecule has 4 heteroatoms. The Hall–Kier alpha value is -0.280.